The Balaban J connectivity index is 2.12. The maximum atomic E-state index is 12.6. The monoisotopic (exact) mass is 309 g/mol. The molecular formula is C16H23NO3S. The number of hydrogen-bond donors (Lipinski definition) is 0. The fourth-order valence-corrected chi connectivity index (χ4v) is 4.29. The van der Waals surface area contributed by atoms with Crippen LogP contribution in [0.2, 0.25) is 0 Å². The van der Waals surface area contributed by atoms with Gasteiger partial charge >= 0.3 is 0 Å². The summed E-state index contributed by atoms with van der Waals surface area (Å²) in [5, 5.41) is 0. The predicted octanol–water partition coefficient (Wildman–Crippen LogP) is 2.76. The number of rotatable bonds is 5. The third kappa shape index (κ3) is 3.92. The molecule has 0 aliphatic carbocycles. The van der Waals surface area contributed by atoms with Gasteiger partial charge in [0.15, 0.2) is 0 Å². The molecule has 1 atom stereocenters. The number of aryl methyl sites for hydroxylation is 1. The van der Waals surface area contributed by atoms with Crippen molar-refractivity contribution in [3.05, 3.63) is 29.8 Å². The van der Waals surface area contributed by atoms with Crippen LogP contribution in [0.4, 0.5) is 0 Å². The van der Waals surface area contributed by atoms with E-state index >= 15 is 0 Å². The number of piperidine rings is 1. The Bertz CT molecular complexity index is 592. The topological polar surface area (TPSA) is 54.5 Å². The van der Waals surface area contributed by atoms with Crippen molar-refractivity contribution in [2.75, 3.05) is 13.1 Å². The summed E-state index contributed by atoms with van der Waals surface area (Å²) in [6, 6.07) is 6.95. The Hall–Kier alpha value is -1.20. The van der Waals surface area contributed by atoms with E-state index in [1.54, 1.807) is 12.1 Å². The van der Waals surface area contributed by atoms with Gasteiger partial charge in [-0.2, -0.15) is 4.31 Å². The van der Waals surface area contributed by atoms with Crippen LogP contribution in [-0.2, 0) is 14.8 Å². The predicted molar refractivity (Wildman–Crippen MR) is 82.6 cm³/mol. The Kier molecular flexibility index (Phi) is 5.17. The number of nitrogens with zero attached hydrogens (tertiary/aromatic N) is 1. The van der Waals surface area contributed by atoms with Crippen LogP contribution in [0.3, 0.4) is 0 Å². The smallest absolute Gasteiger partial charge is 0.243 e. The number of carbonyl (C=O) groups is 1. The fraction of sp³-hybridized carbons (Fsp3) is 0.562. The van der Waals surface area contributed by atoms with E-state index in [2.05, 4.69) is 0 Å². The first-order valence-electron chi connectivity index (χ1n) is 7.52. The molecule has 21 heavy (non-hydrogen) atoms. The summed E-state index contributed by atoms with van der Waals surface area (Å²) in [7, 11) is -3.43. The largest absolute Gasteiger partial charge is 0.300 e. The van der Waals surface area contributed by atoms with Crippen LogP contribution in [0, 0.1) is 12.8 Å². The van der Waals surface area contributed by atoms with E-state index in [-0.39, 0.29) is 11.7 Å². The second kappa shape index (κ2) is 6.71. The molecule has 1 fully saturated rings. The zero-order valence-corrected chi connectivity index (χ0v) is 13.5. The zero-order chi connectivity index (χ0) is 15.5. The van der Waals surface area contributed by atoms with Crippen molar-refractivity contribution in [2.45, 2.75) is 44.4 Å². The first kappa shape index (κ1) is 16.2. The molecule has 1 heterocycles. The maximum Gasteiger partial charge on any atom is 0.243 e. The fourth-order valence-electron chi connectivity index (χ4n) is 2.74. The number of sulfonamides is 1. The van der Waals surface area contributed by atoms with Gasteiger partial charge in [0, 0.05) is 25.9 Å². The molecule has 4 nitrogen and oxygen atoms in total. The molecule has 0 radical (unpaired) electrons. The summed E-state index contributed by atoms with van der Waals surface area (Å²) in [6.45, 7) is 4.80. The third-order valence-corrected chi connectivity index (χ3v) is 5.93. The van der Waals surface area contributed by atoms with Crippen molar-refractivity contribution in [3.63, 3.8) is 0 Å². The molecule has 2 rings (SSSR count). The lowest BCUT2D eigenvalue weighted by Gasteiger charge is -2.31. The molecule has 1 aromatic carbocycles. The maximum absolute atomic E-state index is 12.6. The van der Waals surface area contributed by atoms with E-state index in [4.69, 9.17) is 0 Å². The van der Waals surface area contributed by atoms with Gasteiger partial charge in [-0.1, -0.05) is 24.6 Å². The Labute approximate surface area is 127 Å². The average molecular weight is 309 g/mol. The molecule has 1 aliphatic rings. The Morgan fingerprint density at radius 1 is 1.29 bits per heavy atom. The average Bonchev–Trinajstić information content (AvgIpc) is 2.48. The van der Waals surface area contributed by atoms with Gasteiger partial charge in [0.05, 0.1) is 4.90 Å². The van der Waals surface area contributed by atoms with Gasteiger partial charge in [-0.05, 0) is 37.8 Å². The van der Waals surface area contributed by atoms with Crippen LogP contribution in [0.5, 0.6) is 0 Å². The van der Waals surface area contributed by atoms with E-state index < -0.39 is 10.0 Å². The third-order valence-electron chi connectivity index (χ3n) is 4.05. The molecule has 1 unspecified atom stereocenters. The number of Topliss-reactive ketones (excluding diaryl/α,β-unsaturated/α-hetero) is 1. The van der Waals surface area contributed by atoms with Crippen LogP contribution >= 0.6 is 0 Å². The number of hydrogen-bond acceptors (Lipinski definition) is 3. The minimum atomic E-state index is -3.43. The lowest BCUT2D eigenvalue weighted by Crippen LogP contribution is -2.40. The molecule has 1 aromatic rings. The van der Waals surface area contributed by atoms with E-state index in [0.29, 0.717) is 30.8 Å². The van der Waals surface area contributed by atoms with Gasteiger partial charge in [0.1, 0.15) is 5.78 Å². The van der Waals surface area contributed by atoms with Crippen LogP contribution in [-0.4, -0.2) is 31.6 Å². The van der Waals surface area contributed by atoms with Gasteiger partial charge in [-0.15, -0.1) is 0 Å². The lowest BCUT2D eigenvalue weighted by atomic mass is 9.93. The lowest BCUT2D eigenvalue weighted by molar-refractivity contribution is -0.119. The normalized spacial score (nSPS) is 20.4. The molecular weight excluding hydrogens is 286 g/mol. The summed E-state index contributed by atoms with van der Waals surface area (Å²) in [5.74, 6) is 0.376. The summed E-state index contributed by atoms with van der Waals surface area (Å²) in [5.41, 5.74) is 1.04. The van der Waals surface area contributed by atoms with Crippen molar-refractivity contribution in [1.29, 1.82) is 0 Å². The highest BCUT2D eigenvalue weighted by Gasteiger charge is 2.30. The van der Waals surface area contributed by atoms with Crippen molar-refractivity contribution >= 4 is 15.8 Å². The van der Waals surface area contributed by atoms with E-state index in [1.807, 2.05) is 26.0 Å². The zero-order valence-electron chi connectivity index (χ0n) is 12.7. The van der Waals surface area contributed by atoms with Gasteiger partial charge in [-0.3, -0.25) is 4.79 Å². The van der Waals surface area contributed by atoms with Gasteiger partial charge < -0.3 is 0 Å². The number of ketones is 1. The second-order valence-electron chi connectivity index (χ2n) is 5.78. The highest BCUT2D eigenvalue weighted by Crippen LogP contribution is 2.26. The van der Waals surface area contributed by atoms with Crippen LogP contribution in [0.15, 0.2) is 29.2 Å². The van der Waals surface area contributed by atoms with Gasteiger partial charge in [-0.25, -0.2) is 8.42 Å². The van der Waals surface area contributed by atoms with Crippen LogP contribution in [0.25, 0.3) is 0 Å². The van der Waals surface area contributed by atoms with Crippen LogP contribution < -0.4 is 0 Å². The molecule has 0 spiro atoms. The molecule has 5 heteroatoms. The Morgan fingerprint density at radius 2 is 1.95 bits per heavy atom. The standard InChI is InChI=1S/C16H23NO3S/c1-3-15(18)11-14-5-4-10-17(12-14)21(19,20)16-8-6-13(2)7-9-16/h6-9,14H,3-5,10-12H2,1-2H3. The van der Waals surface area contributed by atoms with E-state index in [1.165, 1.54) is 4.31 Å². The SMILES string of the molecule is CCC(=O)CC1CCCN(S(=O)(=O)c2ccc(C)cc2)C1. The molecule has 0 amide bonds. The molecule has 0 N–H and O–H groups in total. The highest BCUT2D eigenvalue weighted by molar-refractivity contribution is 7.89. The molecule has 116 valence electrons. The molecule has 1 saturated heterocycles. The molecule has 0 bridgehead atoms. The minimum absolute atomic E-state index is 0.159. The summed E-state index contributed by atoms with van der Waals surface area (Å²) in [4.78, 5) is 11.9. The van der Waals surface area contributed by atoms with Gasteiger partial charge in [0.25, 0.3) is 0 Å². The second-order valence-corrected chi connectivity index (χ2v) is 7.72. The molecule has 0 aromatic heterocycles. The summed E-state index contributed by atoms with van der Waals surface area (Å²) >= 11 is 0. The Morgan fingerprint density at radius 3 is 2.57 bits per heavy atom. The van der Waals surface area contributed by atoms with Gasteiger partial charge in [0.2, 0.25) is 10.0 Å². The quantitative estimate of drug-likeness (QED) is 0.840. The van der Waals surface area contributed by atoms with E-state index in [0.717, 1.165) is 18.4 Å². The van der Waals surface area contributed by atoms with Crippen molar-refractivity contribution in [1.82, 2.24) is 4.31 Å². The highest BCUT2D eigenvalue weighted by atomic mass is 32.2. The van der Waals surface area contributed by atoms with Crippen LogP contribution in [0.1, 0.15) is 38.2 Å². The first-order chi connectivity index (χ1) is 9.93. The van der Waals surface area contributed by atoms with Crippen molar-refractivity contribution in [3.8, 4) is 0 Å². The molecule has 1 aliphatic heterocycles. The summed E-state index contributed by atoms with van der Waals surface area (Å²) < 4.78 is 26.8. The number of benzene rings is 1. The summed E-state index contributed by atoms with van der Waals surface area (Å²) in [6.07, 6.45) is 2.79. The number of carbonyl (C=O) groups excluding carboxylic acids is 1. The van der Waals surface area contributed by atoms with Crippen molar-refractivity contribution < 1.29 is 13.2 Å². The minimum Gasteiger partial charge on any atom is -0.300 e. The van der Waals surface area contributed by atoms with E-state index in [9.17, 15) is 13.2 Å². The van der Waals surface area contributed by atoms with Crippen molar-refractivity contribution in [2.24, 2.45) is 5.92 Å². The first-order valence-corrected chi connectivity index (χ1v) is 8.96. The molecule has 0 saturated carbocycles.